The second kappa shape index (κ2) is 12.1. The van der Waals surface area contributed by atoms with Gasteiger partial charge in [-0.3, -0.25) is 0 Å². The van der Waals surface area contributed by atoms with E-state index in [9.17, 15) is 25.5 Å². The van der Waals surface area contributed by atoms with Crippen molar-refractivity contribution in [2.24, 2.45) is 11.8 Å². The molecule has 0 saturated carbocycles. The van der Waals surface area contributed by atoms with E-state index in [-0.39, 0.29) is 58.5 Å². The van der Waals surface area contributed by atoms with Crippen LogP contribution >= 0.6 is 0 Å². The number of hydrogen-bond acceptors (Lipinski definition) is 13. The Kier molecular flexibility index (Phi) is 8.66. The fourth-order valence-electron chi connectivity index (χ4n) is 5.77. The quantitative estimate of drug-likeness (QED) is 0.280. The van der Waals surface area contributed by atoms with Gasteiger partial charge in [0.05, 0.1) is 60.5 Å². The molecule has 0 radical (unpaired) electrons. The zero-order valence-corrected chi connectivity index (χ0v) is 23.1. The molecule has 3 fully saturated rings. The Balaban J connectivity index is 1.40. The van der Waals surface area contributed by atoms with E-state index in [4.69, 9.17) is 37.9 Å². The van der Waals surface area contributed by atoms with Gasteiger partial charge in [-0.25, -0.2) is 0 Å². The molecule has 0 spiro atoms. The number of ether oxygens (including phenoxy) is 8. The number of aliphatic hydroxyl groups is 4. The number of fused-ring (bicyclic) bond motifs is 1. The first-order valence-electron chi connectivity index (χ1n) is 13.2. The third kappa shape index (κ3) is 5.23. The zero-order chi connectivity index (χ0) is 29.4. The van der Waals surface area contributed by atoms with Gasteiger partial charge >= 0.3 is 0 Å². The summed E-state index contributed by atoms with van der Waals surface area (Å²) in [6.07, 6.45) is -7.96. The van der Waals surface area contributed by atoms with Crippen LogP contribution in [0.25, 0.3) is 0 Å². The van der Waals surface area contributed by atoms with Gasteiger partial charge in [0.15, 0.2) is 23.0 Å². The monoisotopic (exact) mass is 580 g/mol. The summed E-state index contributed by atoms with van der Waals surface area (Å²) < 4.78 is 45.7. The number of hydrogen-bond donors (Lipinski definition) is 5. The Bertz CT molecular complexity index is 1170. The minimum absolute atomic E-state index is 0.000914. The van der Waals surface area contributed by atoms with Crippen molar-refractivity contribution in [1.82, 2.24) is 0 Å². The van der Waals surface area contributed by atoms with Crippen LogP contribution in [0.4, 0.5) is 0 Å². The lowest BCUT2D eigenvalue weighted by atomic mass is 9.84. The first-order valence-corrected chi connectivity index (χ1v) is 13.2. The Labute approximate surface area is 236 Å². The van der Waals surface area contributed by atoms with Crippen molar-refractivity contribution in [3.05, 3.63) is 35.4 Å². The minimum Gasteiger partial charge on any atom is -0.502 e. The first-order chi connectivity index (χ1) is 19.8. The number of benzene rings is 2. The van der Waals surface area contributed by atoms with Crippen LogP contribution in [0.1, 0.15) is 23.3 Å². The van der Waals surface area contributed by atoms with Crippen LogP contribution in [0, 0.1) is 11.8 Å². The maximum atomic E-state index is 10.5. The van der Waals surface area contributed by atoms with E-state index in [1.165, 1.54) is 28.4 Å². The smallest absolute Gasteiger partial charge is 0.229 e. The van der Waals surface area contributed by atoms with Gasteiger partial charge in [0, 0.05) is 11.8 Å². The molecule has 0 aromatic heterocycles. The number of aromatic hydroxyl groups is 1. The van der Waals surface area contributed by atoms with Crippen LogP contribution in [0.3, 0.4) is 0 Å². The lowest BCUT2D eigenvalue weighted by Crippen LogP contribution is -2.60. The molecular formula is C28H36O13. The molecule has 0 amide bonds. The van der Waals surface area contributed by atoms with E-state index in [0.717, 1.165) is 11.1 Å². The molecule has 13 nitrogen and oxygen atoms in total. The van der Waals surface area contributed by atoms with Gasteiger partial charge in [0.1, 0.15) is 24.4 Å². The summed E-state index contributed by atoms with van der Waals surface area (Å²) in [5.41, 5.74) is 1.55. The Morgan fingerprint density at radius 2 is 1.17 bits per heavy atom. The summed E-state index contributed by atoms with van der Waals surface area (Å²) >= 11 is 0. The van der Waals surface area contributed by atoms with Crippen molar-refractivity contribution < 1.29 is 63.4 Å². The molecule has 0 bridgehead atoms. The number of methoxy groups -OCH3 is 4. The third-order valence-electron chi connectivity index (χ3n) is 7.99. The predicted octanol–water partition coefficient (Wildman–Crippen LogP) is 0.680. The first kappa shape index (κ1) is 29.5. The molecule has 9 atom stereocenters. The van der Waals surface area contributed by atoms with E-state index in [1.807, 2.05) is 0 Å². The fraction of sp³-hybridized carbons (Fsp3) is 0.571. The molecule has 41 heavy (non-hydrogen) atoms. The molecule has 0 unspecified atom stereocenters. The summed E-state index contributed by atoms with van der Waals surface area (Å²) in [4.78, 5) is 0. The highest BCUT2D eigenvalue weighted by molar-refractivity contribution is 5.55. The van der Waals surface area contributed by atoms with Crippen LogP contribution in [-0.2, 0) is 14.2 Å². The van der Waals surface area contributed by atoms with Gasteiger partial charge in [-0.1, -0.05) is 0 Å². The molecular weight excluding hydrogens is 544 g/mol. The number of aliphatic hydroxyl groups excluding tert-OH is 4. The molecule has 226 valence electrons. The second-order valence-electron chi connectivity index (χ2n) is 10.2. The van der Waals surface area contributed by atoms with E-state index >= 15 is 0 Å². The zero-order valence-electron chi connectivity index (χ0n) is 23.1. The van der Waals surface area contributed by atoms with E-state index in [2.05, 4.69) is 0 Å². The average Bonchev–Trinajstić information content (AvgIpc) is 3.60. The number of phenolic OH excluding ortho intramolecular Hbond substituents is 1. The Hall–Kier alpha value is -3.04. The molecule has 13 heteroatoms. The maximum Gasteiger partial charge on any atom is 0.229 e. The molecule has 3 saturated heterocycles. The minimum atomic E-state index is -1.61. The largest absolute Gasteiger partial charge is 0.502 e. The topological polar surface area (TPSA) is 175 Å². The molecule has 3 aliphatic rings. The predicted molar refractivity (Wildman–Crippen MR) is 140 cm³/mol. The SMILES string of the molecule is COc1cc([C@H]2OC[C@H]3[C@@H]2CO[C@H]3c2cc(OC)c(O[C@@H]3O[C@H](CO)[C@@H](O)[C@H](O)[C@H]3O)c(OC)c2)cc(OC)c1O. The number of rotatable bonds is 9. The van der Waals surface area contributed by atoms with Crippen molar-refractivity contribution in [3.8, 4) is 34.5 Å². The van der Waals surface area contributed by atoms with Crippen LogP contribution in [0.2, 0.25) is 0 Å². The van der Waals surface area contributed by atoms with Crippen molar-refractivity contribution in [2.75, 3.05) is 48.3 Å². The molecule has 3 heterocycles. The summed E-state index contributed by atoms with van der Waals surface area (Å²) in [6.45, 7) is 0.241. The van der Waals surface area contributed by atoms with Crippen molar-refractivity contribution in [1.29, 1.82) is 0 Å². The summed E-state index contributed by atoms with van der Waals surface area (Å²) in [6, 6.07) is 6.93. The van der Waals surface area contributed by atoms with Crippen LogP contribution in [0.5, 0.6) is 34.5 Å². The molecule has 0 aliphatic carbocycles. The van der Waals surface area contributed by atoms with E-state index < -0.39 is 37.3 Å². The molecule has 5 N–H and O–H groups in total. The Morgan fingerprint density at radius 1 is 0.707 bits per heavy atom. The van der Waals surface area contributed by atoms with Crippen molar-refractivity contribution >= 4 is 0 Å². The Morgan fingerprint density at radius 3 is 1.61 bits per heavy atom. The van der Waals surface area contributed by atoms with Crippen molar-refractivity contribution in [2.45, 2.75) is 42.9 Å². The van der Waals surface area contributed by atoms with Gasteiger partial charge in [-0.15, -0.1) is 0 Å². The summed E-state index contributed by atoms with van der Waals surface area (Å²) in [5, 5.41) is 50.5. The third-order valence-corrected chi connectivity index (χ3v) is 7.99. The van der Waals surface area contributed by atoms with E-state index in [0.29, 0.717) is 13.2 Å². The normalized spacial score (nSPS) is 32.8. The van der Waals surface area contributed by atoms with Crippen molar-refractivity contribution in [3.63, 3.8) is 0 Å². The summed E-state index contributed by atoms with van der Waals surface area (Å²) in [7, 11) is 5.82. The van der Waals surface area contributed by atoms with Crippen LogP contribution in [0.15, 0.2) is 24.3 Å². The lowest BCUT2D eigenvalue weighted by molar-refractivity contribution is -0.277. The van der Waals surface area contributed by atoms with Gasteiger partial charge in [-0.05, 0) is 35.4 Å². The molecule has 2 aromatic carbocycles. The fourth-order valence-corrected chi connectivity index (χ4v) is 5.77. The standard InChI is InChI=1S/C28H36O13/c1-34-16-5-12(6-17(35-2)21(16)30)25-14-10-39-26(15(14)11-38-25)13-7-18(36-3)27(19(8-13)37-4)41-28-24(33)23(32)22(31)20(9-29)40-28/h5-8,14-15,20,22-26,28-33H,9-11H2,1-4H3/t14-,15-,20+,22+,23-,24+,25+,26-,28-/m0/s1. The highest BCUT2D eigenvalue weighted by Gasteiger charge is 2.49. The molecule has 2 aromatic rings. The van der Waals surface area contributed by atoms with Gasteiger partial charge in [-0.2, -0.15) is 0 Å². The number of phenols is 1. The van der Waals surface area contributed by atoms with Gasteiger partial charge in [0.25, 0.3) is 0 Å². The van der Waals surface area contributed by atoms with E-state index in [1.54, 1.807) is 24.3 Å². The van der Waals surface area contributed by atoms with Crippen LogP contribution in [-0.4, -0.2) is 104 Å². The van der Waals surface area contributed by atoms with Gasteiger partial charge < -0.3 is 63.4 Å². The second-order valence-corrected chi connectivity index (χ2v) is 10.2. The maximum absolute atomic E-state index is 10.5. The average molecular weight is 581 g/mol. The molecule has 5 rings (SSSR count). The summed E-state index contributed by atoms with van der Waals surface area (Å²) in [5.74, 6) is 1.08. The lowest BCUT2D eigenvalue weighted by Gasteiger charge is -2.39. The van der Waals surface area contributed by atoms with Gasteiger partial charge in [0.2, 0.25) is 17.8 Å². The highest BCUT2D eigenvalue weighted by Crippen LogP contribution is 2.53. The van der Waals surface area contributed by atoms with Crippen LogP contribution < -0.4 is 23.7 Å². The molecule has 3 aliphatic heterocycles. The highest BCUT2D eigenvalue weighted by atomic mass is 16.7.